The number of nitrogens with zero attached hydrogens (tertiary/aromatic N) is 1. The largest absolute Gasteiger partial charge is 0.760 e. The summed E-state index contributed by atoms with van der Waals surface area (Å²) >= 11 is 0. The number of hydrogen-bond donors (Lipinski definition) is 0. The number of benzene rings is 1. The molecule has 0 amide bonds. The van der Waals surface area contributed by atoms with Gasteiger partial charge in [0.15, 0.2) is 0 Å². The molecule has 0 N–H and O–H groups in total. The van der Waals surface area contributed by atoms with Crippen molar-refractivity contribution in [2.45, 2.75) is 0 Å². The SMILES string of the molecule is Cl.O=S([O-])Cl.c1ccc2ncccc2c1. The highest BCUT2D eigenvalue weighted by Crippen LogP contribution is 2.07. The second-order valence-electron chi connectivity index (χ2n) is 2.39. The van der Waals surface area contributed by atoms with E-state index in [0.717, 1.165) is 5.52 Å². The van der Waals surface area contributed by atoms with Gasteiger partial charge in [0, 0.05) is 21.9 Å². The summed E-state index contributed by atoms with van der Waals surface area (Å²) in [5.41, 5.74) is 1.06. The van der Waals surface area contributed by atoms with E-state index in [0.29, 0.717) is 0 Å². The molecule has 0 saturated heterocycles. The molecular weight excluding hydrogens is 257 g/mol. The molecule has 1 atom stereocenters. The van der Waals surface area contributed by atoms with Gasteiger partial charge in [0.2, 0.25) is 0 Å². The van der Waals surface area contributed by atoms with Crippen molar-refractivity contribution in [2.75, 3.05) is 0 Å². The molecule has 0 spiro atoms. The second kappa shape index (κ2) is 7.59. The molecule has 0 bridgehead atoms. The Hall–Kier alpha value is -0.680. The average molecular weight is 265 g/mol. The third kappa shape index (κ3) is 5.69. The number of rotatable bonds is 0. The van der Waals surface area contributed by atoms with E-state index in [9.17, 15) is 0 Å². The molecule has 0 aliphatic carbocycles. The van der Waals surface area contributed by atoms with Crippen LogP contribution in [0, 0.1) is 0 Å². The number of halogens is 2. The Bertz CT molecular complexity index is 370. The van der Waals surface area contributed by atoms with Crippen molar-refractivity contribution in [3.63, 3.8) is 0 Å². The molecule has 82 valence electrons. The molecule has 15 heavy (non-hydrogen) atoms. The summed E-state index contributed by atoms with van der Waals surface area (Å²) in [5, 5.41) is 1.20. The van der Waals surface area contributed by atoms with Gasteiger partial charge in [-0.15, -0.1) is 12.4 Å². The fourth-order valence-corrected chi connectivity index (χ4v) is 1.02. The summed E-state index contributed by atoms with van der Waals surface area (Å²) in [4.78, 5) is 4.18. The first-order valence-electron chi connectivity index (χ1n) is 3.75. The summed E-state index contributed by atoms with van der Waals surface area (Å²) in [6.45, 7) is 0. The van der Waals surface area contributed by atoms with E-state index in [1.54, 1.807) is 0 Å². The standard InChI is InChI=1S/C9H7N.ClHO2S.ClH/c1-2-6-9-8(4-1)5-3-7-10-9;1-4(2)3;/h1-7H;(H,2,3);1H/p-1. The highest BCUT2D eigenvalue weighted by Gasteiger charge is 1.86. The first kappa shape index (κ1) is 14.3. The molecule has 0 aliphatic heterocycles. The minimum Gasteiger partial charge on any atom is -0.760 e. The average Bonchev–Trinajstić information content (AvgIpc) is 2.17. The van der Waals surface area contributed by atoms with Crippen LogP contribution in [-0.4, -0.2) is 13.7 Å². The Labute approximate surface area is 101 Å². The summed E-state index contributed by atoms with van der Waals surface area (Å²) in [6.07, 6.45) is 1.81. The molecule has 1 heterocycles. The van der Waals surface area contributed by atoms with Crippen molar-refractivity contribution in [3.05, 3.63) is 42.6 Å². The van der Waals surface area contributed by atoms with E-state index in [1.807, 2.05) is 30.5 Å². The van der Waals surface area contributed by atoms with Gasteiger partial charge >= 0.3 is 0 Å². The van der Waals surface area contributed by atoms with Crippen LogP contribution in [0.3, 0.4) is 0 Å². The normalized spacial score (nSPS) is 10.8. The Morgan fingerprint density at radius 2 is 1.73 bits per heavy atom. The minimum absolute atomic E-state index is 0. The molecule has 1 unspecified atom stereocenters. The first-order chi connectivity index (χ1) is 6.70. The van der Waals surface area contributed by atoms with Crippen LogP contribution in [0.4, 0.5) is 0 Å². The van der Waals surface area contributed by atoms with Gasteiger partial charge in [0.05, 0.1) is 5.52 Å². The summed E-state index contributed by atoms with van der Waals surface area (Å²) in [5.74, 6) is 0. The third-order valence-corrected chi connectivity index (χ3v) is 1.51. The van der Waals surface area contributed by atoms with Crippen molar-refractivity contribution in [3.8, 4) is 0 Å². The van der Waals surface area contributed by atoms with Gasteiger partial charge in [-0.1, -0.05) is 24.3 Å². The number of para-hydroxylation sites is 1. The van der Waals surface area contributed by atoms with Gasteiger partial charge in [0.1, 0.15) is 0 Å². The fourth-order valence-electron chi connectivity index (χ4n) is 1.02. The minimum atomic E-state index is -2.39. The van der Waals surface area contributed by atoms with E-state index < -0.39 is 10.3 Å². The van der Waals surface area contributed by atoms with Crippen LogP contribution in [0.1, 0.15) is 0 Å². The van der Waals surface area contributed by atoms with Crippen molar-refractivity contribution in [1.29, 1.82) is 0 Å². The molecule has 0 saturated carbocycles. The van der Waals surface area contributed by atoms with E-state index in [4.69, 9.17) is 8.76 Å². The summed E-state index contributed by atoms with van der Waals surface area (Å²) < 4.78 is 17.5. The molecular formula is C9H8Cl2NO2S-. The lowest BCUT2D eigenvalue weighted by Gasteiger charge is -1.91. The number of hydrogen-bond acceptors (Lipinski definition) is 3. The highest BCUT2D eigenvalue weighted by atomic mass is 35.7. The molecule has 1 aromatic heterocycles. The number of aromatic nitrogens is 1. The topological polar surface area (TPSA) is 53.0 Å². The molecule has 0 aliphatic rings. The van der Waals surface area contributed by atoms with E-state index >= 15 is 0 Å². The zero-order chi connectivity index (χ0) is 10.4. The van der Waals surface area contributed by atoms with Gasteiger partial charge in [-0.05, 0) is 22.8 Å². The van der Waals surface area contributed by atoms with Gasteiger partial charge < -0.3 is 4.55 Å². The third-order valence-electron chi connectivity index (χ3n) is 1.51. The lowest BCUT2D eigenvalue weighted by Crippen LogP contribution is -1.73. The predicted octanol–water partition coefficient (Wildman–Crippen LogP) is 2.68. The number of pyridine rings is 1. The van der Waals surface area contributed by atoms with Crippen molar-refractivity contribution in [1.82, 2.24) is 4.98 Å². The molecule has 3 nitrogen and oxygen atoms in total. The molecule has 2 aromatic rings. The lowest BCUT2D eigenvalue weighted by atomic mass is 10.2. The lowest BCUT2D eigenvalue weighted by molar-refractivity contribution is 0.552. The summed E-state index contributed by atoms with van der Waals surface area (Å²) in [7, 11) is 1.80. The van der Waals surface area contributed by atoms with Gasteiger partial charge in [-0.3, -0.25) is 9.19 Å². The van der Waals surface area contributed by atoms with Crippen LogP contribution in [0.2, 0.25) is 0 Å². The molecule has 0 fully saturated rings. The Kier molecular flexibility index (Phi) is 7.25. The Morgan fingerprint density at radius 1 is 1.20 bits per heavy atom. The van der Waals surface area contributed by atoms with Crippen LogP contribution in [0.15, 0.2) is 42.6 Å². The van der Waals surface area contributed by atoms with Gasteiger partial charge in [-0.25, -0.2) is 0 Å². The van der Waals surface area contributed by atoms with Crippen LogP contribution in [0.25, 0.3) is 10.9 Å². The summed E-state index contributed by atoms with van der Waals surface area (Å²) in [6, 6.07) is 12.1. The monoisotopic (exact) mass is 264 g/mol. The molecule has 1 aromatic carbocycles. The molecule has 6 heteroatoms. The van der Waals surface area contributed by atoms with Crippen molar-refractivity contribution < 1.29 is 8.76 Å². The maximum atomic E-state index is 8.77. The van der Waals surface area contributed by atoms with E-state index in [-0.39, 0.29) is 12.4 Å². The maximum absolute atomic E-state index is 8.77. The molecule has 0 radical (unpaired) electrons. The Balaban J connectivity index is 0.000000346. The zero-order valence-electron chi connectivity index (χ0n) is 7.50. The predicted molar refractivity (Wildman–Crippen MR) is 63.8 cm³/mol. The van der Waals surface area contributed by atoms with Crippen molar-refractivity contribution >= 4 is 44.3 Å². The maximum Gasteiger partial charge on any atom is 0.0701 e. The van der Waals surface area contributed by atoms with Crippen LogP contribution >= 0.6 is 23.1 Å². The van der Waals surface area contributed by atoms with E-state index in [1.165, 1.54) is 5.39 Å². The fraction of sp³-hybridized carbons (Fsp3) is 0. The van der Waals surface area contributed by atoms with Gasteiger partial charge in [-0.2, -0.15) is 0 Å². The van der Waals surface area contributed by atoms with E-state index in [2.05, 4.69) is 27.8 Å². The first-order valence-corrected chi connectivity index (χ1v) is 5.65. The smallest absolute Gasteiger partial charge is 0.0701 e. The number of fused-ring (bicyclic) bond motifs is 1. The van der Waals surface area contributed by atoms with Gasteiger partial charge in [0.25, 0.3) is 0 Å². The second-order valence-corrected chi connectivity index (χ2v) is 3.53. The van der Waals surface area contributed by atoms with Crippen LogP contribution < -0.4 is 0 Å². The Morgan fingerprint density at radius 3 is 2.33 bits per heavy atom. The molecule has 2 rings (SSSR count). The quantitative estimate of drug-likeness (QED) is 0.543. The van der Waals surface area contributed by atoms with Crippen molar-refractivity contribution in [2.24, 2.45) is 0 Å². The highest BCUT2D eigenvalue weighted by molar-refractivity contribution is 8.03. The van der Waals surface area contributed by atoms with Crippen LogP contribution in [0.5, 0.6) is 0 Å². The van der Waals surface area contributed by atoms with Crippen LogP contribution in [-0.2, 0) is 10.3 Å². The zero-order valence-corrected chi connectivity index (χ0v) is 9.89.